The van der Waals surface area contributed by atoms with Crippen molar-refractivity contribution in [2.45, 2.75) is 54.5 Å². The Hall–Kier alpha value is -0.0400. The molecule has 2 N–H and O–H groups in total. The minimum Gasteiger partial charge on any atom is -0.327 e. The van der Waals surface area contributed by atoms with E-state index in [1.165, 1.54) is 0 Å². The molecule has 0 radical (unpaired) electrons. The maximum atomic E-state index is 6.31. The van der Waals surface area contributed by atoms with Crippen LogP contribution in [0, 0.1) is 22.2 Å². The summed E-state index contributed by atoms with van der Waals surface area (Å²) in [6.45, 7) is 16.1. The molecule has 0 amide bonds. The summed E-state index contributed by atoms with van der Waals surface area (Å²) >= 11 is 0. The van der Waals surface area contributed by atoms with E-state index in [1.54, 1.807) is 0 Å². The average Bonchev–Trinajstić information content (AvgIpc) is 2.21. The summed E-state index contributed by atoms with van der Waals surface area (Å²) in [4.78, 5) is 0. The standard InChI is InChI=1S/C12H25N/c1-10(2,3)9(13)8-11(4,5)12(8,6)7/h8-9H,13H2,1-7H3. The van der Waals surface area contributed by atoms with Gasteiger partial charge in [0.25, 0.3) is 0 Å². The minimum atomic E-state index is 0.232. The van der Waals surface area contributed by atoms with Crippen molar-refractivity contribution in [1.82, 2.24) is 0 Å². The summed E-state index contributed by atoms with van der Waals surface area (Å²) in [7, 11) is 0. The van der Waals surface area contributed by atoms with Crippen molar-refractivity contribution in [3.63, 3.8) is 0 Å². The second-order valence-electron chi connectivity index (χ2n) is 6.81. The van der Waals surface area contributed by atoms with E-state index in [0.717, 1.165) is 0 Å². The van der Waals surface area contributed by atoms with Gasteiger partial charge in [-0.25, -0.2) is 0 Å². The first-order valence-electron chi connectivity index (χ1n) is 5.28. The first kappa shape index (κ1) is 11.0. The second kappa shape index (κ2) is 2.50. The molecule has 0 aromatic carbocycles. The zero-order chi connectivity index (χ0) is 10.7. The fourth-order valence-corrected chi connectivity index (χ4v) is 2.65. The predicted molar refractivity (Wildman–Crippen MR) is 58.5 cm³/mol. The first-order chi connectivity index (χ1) is 5.53. The van der Waals surface area contributed by atoms with E-state index in [-0.39, 0.29) is 5.41 Å². The van der Waals surface area contributed by atoms with Gasteiger partial charge in [-0.3, -0.25) is 0 Å². The Labute approximate surface area is 83.1 Å². The van der Waals surface area contributed by atoms with Crippen LogP contribution in [0.1, 0.15) is 48.5 Å². The van der Waals surface area contributed by atoms with Crippen molar-refractivity contribution in [1.29, 1.82) is 0 Å². The summed E-state index contributed by atoms with van der Waals surface area (Å²) < 4.78 is 0. The van der Waals surface area contributed by atoms with Crippen molar-refractivity contribution in [2.24, 2.45) is 27.9 Å². The van der Waals surface area contributed by atoms with Gasteiger partial charge < -0.3 is 5.73 Å². The molecule has 13 heavy (non-hydrogen) atoms. The Kier molecular flexibility index (Phi) is 2.12. The van der Waals surface area contributed by atoms with E-state index < -0.39 is 0 Å². The zero-order valence-corrected chi connectivity index (χ0v) is 10.2. The highest BCUT2D eigenvalue weighted by molar-refractivity contribution is 5.17. The third-order valence-electron chi connectivity index (χ3n) is 4.49. The van der Waals surface area contributed by atoms with Gasteiger partial charge in [0.05, 0.1) is 0 Å². The maximum absolute atomic E-state index is 6.31. The third kappa shape index (κ3) is 1.41. The Balaban J connectivity index is 2.80. The Bertz CT molecular complexity index is 194. The number of rotatable bonds is 1. The normalized spacial score (nSPS) is 28.6. The van der Waals surface area contributed by atoms with E-state index in [4.69, 9.17) is 5.73 Å². The highest BCUT2D eigenvalue weighted by Gasteiger charge is 2.67. The van der Waals surface area contributed by atoms with Crippen molar-refractivity contribution in [3.05, 3.63) is 0 Å². The number of nitrogens with two attached hydrogens (primary N) is 1. The van der Waals surface area contributed by atoms with Crippen LogP contribution < -0.4 is 5.73 Å². The lowest BCUT2D eigenvalue weighted by Crippen LogP contribution is -2.39. The SMILES string of the molecule is CC(C)(C)C(N)C1C(C)(C)C1(C)C. The molecule has 1 aliphatic rings. The van der Waals surface area contributed by atoms with Gasteiger partial charge in [-0.05, 0) is 22.2 Å². The van der Waals surface area contributed by atoms with Crippen LogP contribution >= 0.6 is 0 Å². The molecule has 0 bridgehead atoms. The smallest absolute Gasteiger partial charge is 0.0127 e. The molecule has 0 saturated heterocycles. The molecule has 1 unspecified atom stereocenters. The molecule has 1 saturated carbocycles. The lowest BCUT2D eigenvalue weighted by Gasteiger charge is -2.29. The van der Waals surface area contributed by atoms with E-state index in [1.807, 2.05) is 0 Å². The Morgan fingerprint density at radius 1 is 1.00 bits per heavy atom. The molecule has 0 aromatic heterocycles. The maximum Gasteiger partial charge on any atom is 0.0127 e. The van der Waals surface area contributed by atoms with E-state index in [2.05, 4.69) is 48.5 Å². The molecule has 78 valence electrons. The Morgan fingerprint density at radius 3 is 1.38 bits per heavy atom. The number of hydrogen-bond donors (Lipinski definition) is 1. The average molecular weight is 183 g/mol. The molecule has 1 fully saturated rings. The van der Waals surface area contributed by atoms with Crippen LogP contribution in [0.15, 0.2) is 0 Å². The fraction of sp³-hybridized carbons (Fsp3) is 1.00. The van der Waals surface area contributed by atoms with Crippen molar-refractivity contribution >= 4 is 0 Å². The Morgan fingerprint density at radius 2 is 1.31 bits per heavy atom. The fourth-order valence-electron chi connectivity index (χ4n) is 2.65. The lowest BCUT2D eigenvalue weighted by atomic mass is 9.82. The summed E-state index contributed by atoms with van der Waals surface area (Å²) in [5, 5.41) is 0. The van der Waals surface area contributed by atoms with Gasteiger partial charge in [-0.1, -0.05) is 48.5 Å². The predicted octanol–water partition coefficient (Wildman–Crippen LogP) is 3.04. The van der Waals surface area contributed by atoms with E-state index >= 15 is 0 Å². The van der Waals surface area contributed by atoms with E-state index in [0.29, 0.717) is 22.8 Å². The van der Waals surface area contributed by atoms with Crippen LogP contribution in [0.2, 0.25) is 0 Å². The van der Waals surface area contributed by atoms with Crippen LogP contribution in [-0.4, -0.2) is 6.04 Å². The molecule has 1 atom stereocenters. The molecule has 1 nitrogen and oxygen atoms in total. The van der Waals surface area contributed by atoms with Crippen LogP contribution in [0.25, 0.3) is 0 Å². The highest BCUT2D eigenvalue weighted by Crippen LogP contribution is 2.70. The monoisotopic (exact) mass is 183 g/mol. The molecule has 1 rings (SSSR count). The zero-order valence-electron chi connectivity index (χ0n) is 10.2. The van der Waals surface area contributed by atoms with Gasteiger partial charge in [-0.15, -0.1) is 0 Å². The van der Waals surface area contributed by atoms with Crippen LogP contribution in [0.5, 0.6) is 0 Å². The molecule has 1 aliphatic carbocycles. The first-order valence-corrected chi connectivity index (χ1v) is 5.28. The quantitative estimate of drug-likeness (QED) is 0.664. The van der Waals surface area contributed by atoms with Gasteiger partial charge in [0.15, 0.2) is 0 Å². The summed E-state index contributed by atoms with van der Waals surface area (Å²) in [6, 6.07) is 0.317. The summed E-state index contributed by atoms with van der Waals surface area (Å²) in [6.07, 6.45) is 0. The van der Waals surface area contributed by atoms with Gasteiger partial charge in [-0.2, -0.15) is 0 Å². The van der Waals surface area contributed by atoms with E-state index in [9.17, 15) is 0 Å². The van der Waals surface area contributed by atoms with Gasteiger partial charge in [0.2, 0.25) is 0 Å². The third-order valence-corrected chi connectivity index (χ3v) is 4.49. The van der Waals surface area contributed by atoms with Crippen molar-refractivity contribution < 1.29 is 0 Å². The molecular weight excluding hydrogens is 158 g/mol. The topological polar surface area (TPSA) is 26.0 Å². The van der Waals surface area contributed by atoms with Gasteiger partial charge in [0.1, 0.15) is 0 Å². The van der Waals surface area contributed by atoms with Crippen LogP contribution in [0.4, 0.5) is 0 Å². The van der Waals surface area contributed by atoms with Crippen molar-refractivity contribution in [2.75, 3.05) is 0 Å². The molecule has 0 spiro atoms. The molecular formula is C12H25N. The molecule has 1 heteroatoms. The highest BCUT2D eigenvalue weighted by atomic mass is 14.8. The summed E-state index contributed by atoms with van der Waals surface area (Å²) in [5.41, 5.74) is 7.37. The number of hydrogen-bond acceptors (Lipinski definition) is 1. The molecule has 0 aromatic rings. The van der Waals surface area contributed by atoms with Gasteiger partial charge >= 0.3 is 0 Å². The van der Waals surface area contributed by atoms with Crippen molar-refractivity contribution in [3.8, 4) is 0 Å². The molecule has 0 heterocycles. The molecule has 0 aliphatic heterocycles. The minimum absolute atomic E-state index is 0.232. The van der Waals surface area contributed by atoms with Crippen LogP contribution in [-0.2, 0) is 0 Å². The van der Waals surface area contributed by atoms with Crippen LogP contribution in [0.3, 0.4) is 0 Å². The second-order valence-corrected chi connectivity index (χ2v) is 6.81. The lowest BCUT2D eigenvalue weighted by molar-refractivity contribution is 0.262. The van der Waals surface area contributed by atoms with Gasteiger partial charge in [0, 0.05) is 6.04 Å². The largest absolute Gasteiger partial charge is 0.327 e. The summed E-state index contributed by atoms with van der Waals surface area (Å²) in [5.74, 6) is 0.667.